The molecule has 2 aliphatic heterocycles. The molecule has 0 aromatic carbocycles. The average molecular weight is 374 g/mol. The first kappa shape index (κ1) is 19.1. The van der Waals surface area contributed by atoms with E-state index in [0.717, 1.165) is 5.57 Å². The third-order valence-corrected chi connectivity index (χ3v) is 4.92. The highest BCUT2D eigenvalue weighted by molar-refractivity contribution is 5.95. The number of ether oxygens (including phenoxy) is 3. The molecule has 0 spiro atoms. The molecular weight excluding hydrogens is 352 g/mol. The lowest BCUT2D eigenvalue weighted by molar-refractivity contribution is -0.145. The predicted molar refractivity (Wildman–Crippen MR) is 94.3 cm³/mol. The molecule has 144 valence electrons. The Balaban J connectivity index is 2.07. The molecule has 7 heteroatoms. The summed E-state index contributed by atoms with van der Waals surface area (Å²) in [7, 11) is 0. The van der Waals surface area contributed by atoms with E-state index in [-0.39, 0.29) is 12.0 Å². The molecule has 1 N–H and O–H groups in total. The lowest BCUT2D eigenvalue weighted by Gasteiger charge is -2.23. The quantitative estimate of drug-likeness (QED) is 0.347. The number of rotatable bonds is 3. The van der Waals surface area contributed by atoms with Gasteiger partial charge in [-0.1, -0.05) is 11.6 Å². The van der Waals surface area contributed by atoms with Crippen molar-refractivity contribution in [1.82, 2.24) is 0 Å². The van der Waals surface area contributed by atoms with Crippen LogP contribution in [0.4, 0.5) is 0 Å². The van der Waals surface area contributed by atoms with Crippen LogP contribution in [0.5, 0.6) is 0 Å². The summed E-state index contributed by atoms with van der Waals surface area (Å²) in [5.41, 5.74) is 2.07. The molecule has 1 aliphatic carbocycles. The van der Waals surface area contributed by atoms with Crippen molar-refractivity contribution in [1.29, 1.82) is 0 Å². The Morgan fingerprint density at radius 1 is 1.26 bits per heavy atom. The number of hydrogen-bond acceptors (Lipinski definition) is 7. The van der Waals surface area contributed by atoms with Gasteiger partial charge in [0.25, 0.3) is 0 Å². The first-order valence-corrected chi connectivity index (χ1v) is 8.81. The minimum Gasteiger partial charge on any atom is -0.454 e. The molecule has 0 amide bonds. The third-order valence-electron chi connectivity index (χ3n) is 4.92. The molecule has 0 aromatic rings. The number of fused-ring (bicyclic) bond motifs is 2. The fourth-order valence-electron chi connectivity index (χ4n) is 3.39. The number of carbonyl (C=O) groups is 3. The van der Waals surface area contributed by atoms with Crippen molar-refractivity contribution < 1.29 is 33.7 Å². The fourth-order valence-corrected chi connectivity index (χ4v) is 3.39. The SMILES string of the molecule is C/C=C(\C)C(=O)O[C@H]1CC2=C[C@@H](C/C(C)=C/[C@H]3OC(=O)C(CO)=C13)OC2=O. The van der Waals surface area contributed by atoms with Crippen LogP contribution in [-0.2, 0) is 28.6 Å². The Hall–Kier alpha value is -2.67. The molecule has 3 atom stereocenters. The van der Waals surface area contributed by atoms with Crippen molar-refractivity contribution >= 4 is 17.9 Å². The Kier molecular flexibility index (Phi) is 5.32. The highest BCUT2D eigenvalue weighted by Crippen LogP contribution is 2.35. The molecule has 2 bridgehead atoms. The molecule has 7 nitrogen and oxygen atoms in total. The van der Waals surface area contributed by atoms with Crippen LogP contribution in [0, 0.1) is 0 Å². The minimum absolute atomic E-state index is 0.0525. The molecule has 27 heavy (non-hydrogen) atoms. The second-order valence-electron chi connectivity index (χ2n) is 6.84. The summed E-state index contributed by atoms with van der Waals surface area (Å²) >= 11 is 0. The zero-order valence-corrected chi connectivity index (χ0v) is 15.5. The molecule has 0 radical (unpaired) electrons. The average Bonchev–Trinajstić information content (AvgIpc) is 3.11. The van der Waals surface area contributed by atoms with E-state index in [1.165, 1.54) is 0 Å². The summed E-state index contributed by atoms with van der Waals surface area (Å²) < 4.78 is 16.4. The van der Waals surface area contributed by atoms with E-state index >= 15 is 0 Å². The van der Waals surface area contributed by atoms with Crippen molar-refractivity contribution in [3.63, 3.8) is 0 Å². The minimum atomic E-state index is -0.925. The van der Waals surface area contributed by atoms with Gasteiger partial charge in [0, 0.05) is 29.6 Å². The highest BCUT2D eigenvalue weighted by Gasteiger charge is 2.41. The van der Waals surface area contributed by atoms with Crippen LogP contribution in [0.2, 0.25) is 0 Å². The van der Waals surface area contributed by atoms with Gasteiger partial charge < -0.3 is 19.3 Å². The predicted octanol–water partition coefficient (Wildman–Crippen LogP) is 1.67. The van der Waals surface area contributed by atoms with E-state index in [1.54, 1.807) is 32.1 Å². The zero-order chi connectivity index (χ0) is 19.7. The van der Waals surface area contributed by atoms with Crippen LogP contribution in [0.1, 0.15) is 33.6 Å². The third kappa shape index (κ3) is 3.73. The summed E-state index contributed by atoms with van der Waals surface area (Å²) in [4.78, 5) is 36.7. The second-order valence-corrected chi connectivity index (χ2v) is 6.84. The van der Waals surface area contributed by atoms with Gasteiger partial charge >= 0.3 is 17.9 Å². The van der Waals surface area contributed by atoms with Crippen molar-refractivity contribution in [2.75, 3.05) is 6.61 Å². The lowest BCUT2D eigenvalue weighted by atomic mass is 9.91. The molecule has 2 heterocycles. The number of aliphatic hydroxyl groups is 1. The Morgan fingerprint density at radius 3 is 2.67 bits per heavy atom. The van der Waals surface area contributed by atoms with Crippen LogP contribution in [0.3, 0.4) is 0 Å². The van der Waals surface area contributed by atoms with Gasteiger partial charge in [0.1, 0.15) is 18.3 Å². The van der Waals surface area contributed by atoms with Crippen LogP contribution < -0.4 is 0 Å². The van der Waals surface area contributed by atoms with Gasteiger partial charge in [-0.25, -0.2) is 14.4 Å². The summed E-state index contributed by atoms with van der Waals surface area (Å²) in [6, 6.07) is 0. The number of carbonyl (C=O) groups excluding carboxylic acids is 3. The van der Waals surface area contributed by atoms with Crippen LogP contribution >= 0.6 is 0 Å². The second kappa shape index (κ2) is 7.52. The maximum Gasteiger partial charge on any atom is 0.337 e. The zero-order valence-electron chi connectivity index (χ0n) is 15.5. The molecule has 3 rings (SSSR count). The first-order valence-electron chi connectivity index (χ1n) is 8.81. The van der Waals surface area contributed by atoms with Crippen molar-refractivity contribution in [3.8, 4) is 0 Å². The van der Waals surface area contributed by atoms with Gasteiger partial charge in [-0.3, -0.25) is 0 Å². The maximum absolute atomic E-state index is 12.4. The molecule has 0 aromatic heterocycles. The van der Waals surface area contributed by atoms with E-state index in [4.69, 9.17) is 14.2 Å². The van der Waals surface area contributed by atoms with Crippen molar-refractivity contribution in [2.24, 2.45) is 0 Å². The maximum atomic E-state index is 12.4. The van der Waals surface area contributed by atoms with E-state index < -0.39 is 42.8 Å². The Bertz CT molecular complexity index is 812. The summed E-state index contributed by atoms with van der Waals surface area (Å²) in [5, 5.41) is 9.68. The topological polar surface area (TPSA) is 99.1 Å². The fraction of sp³-hybridized carbons (Fsp3) is 0.450. The van der Waals surface area contributed by atoms with Gasteiger partial charge in [0.15, 0.2) is 0 Å². The number of aliphatic hydroxyl groups excluding tert-OH is 1. The van der Waals surface area contributed by atoms with Gasteiger partial charge in [-0.15, -0.1) is 0 Å². The van der Waals surface area contributed by atoms with Crippen LogP contribution in [0.15, 0.2) is 46.1 Å². The van der Waals surface area contributed by atoms with E-state index in [0.29, 0.717) is 23.1 Å². The molecule has 3 aliphatic rings. The first-order chi connectivity index (χ1) is 12.8. The van der Waals surface area contributed by atoms with E-state index in [2.05, 4.69) is 0 Å². The van der Waals surface area contributed by atoms with E-state index in [9.17, 15) is 19.5 Å². The normalized spacial score (nSPS) is 30.1. The molecule has 0 saturated heterocycles. The smallest absolute Gasteiger partial charge is 0.337 e. The van der Waals surface area contributed by atoms with Crippen LogP contribution in [-0.4, -0.2) is 47.9 Å². The number of hydrogen-bond donors (Lipinski definition) is 1. The van der Waals surface area contributed by atoms with Crippen molar-refractivity contribution in [2.45, 2.75) is 51.9 Å². The van der Waals surface area contributed by atoms with Crippen molar-refractivity contribution in [3.05, 3.63) is 46.1 Å². The molecule has 0 fully saturated rings. The lowest BCUT2D eigenvalue weighted by Crippen LogP contribution is -2.28. The molecular formula is C20H22O7. The monoisotopic (exact) mass is 374 g/mol. The molecule has 0 saturated carbocycles. The Labute approximate surface area is 157 Å². The summed E-state index contributed by atoms with van der Waals surface area (Å²) in [6.07, 6.45) is 3.54. The summed E-state index contributed by atoms with van der Waals surface area (Å²) in [6.45, 7) is 4.62. The van der Waals surface area contributed by atoms with Gasteiger partial charge in [0.2, 0.25) is 0 Å². The molecule has 0 unspecified atom stereocenters. The number of allylic oxidation sites excluding steroid dienone is 1. The van der Waals surface area contributed by atoms with Gasteiger partial charge in [-0.05, 0) is 32.9 Å². The van der Waals surface area contributed by atoms with E-state index in [1.807, 2.05) is 6.92 Å². The standard InChI is InChI=1S/C20H22O7/c1-4-11(3)18(22)26-16-8-12-7-13(25-19(12)23)5-10(2)6-15-17(16)14(9-21)20(24)27-15/h4,6-7,13,15-16,21H,5,8-9H2,1-3H3/b10-6+,11-4+/t13-,15-,16+/m1/s1. The highest BCUT2D eigenvalue weighted by atomic mass is 16.6. The van der Waals surface area contributed by atoms with Gasteiger partial charge in [0.05, 0.1) is 12.2 Å². The van der Waals surface area contributed by atoms with Gasteiger partial charge in [-0.2, -0.15) is 0 Å². The number of esters is 3. The largest absolute Gasteiger partial charge is 0.454 e. The Morgan fingerprint density at radius 2 is 2.00 bits per heavy atom. The summed E-state index contributed by atoms with van der Waals surface area (Å²) in [5.74, 6) is -1.68. The van der Waals surface area contributed by atoms with Crippen LogP contribution in [0.25, 0.3) is 0 Å².